The maximum atomic E-state index is 15.6. The molecule has 0 aliphatic carbocycles. The van der Waals surface area contributed by atoms with Gasteiger partial charge in [-0.15, -0.1) is 0 Å². The first kappa shape index (κ1) is 32.9. The standard InChI is InChI=1S/C34H26F7N3O4/c1-33(2)16-47-15-28(33)44-27-10-19(32(45)46)9-25(38)31(27)43-29(44)11-18-8-24(37)21(13-23(18)36)26-4-3-5-30(42-26)48-14-17-6-7-20(12-22(17)35)34(39,40)41/h3-10,12-13,28H,11,14-16H2,1-2H3,(H,45,46). The van der Waals surface area contributed by atoms with Gasteiger partial charge in [0.25, 0.3) is 0 Å². The van der Waals surface area contributed by atoms with Crippen LogP contribution in [0.3, 0.4) is 0 Å². The van der Waals surface area contributed by atoms with E-state index in [1.165, 1.54) is 24.3 Å². The summed E-state index contributed by atoms with van der Waals surface area (Å²) in [6.45, 7) is 3.91. The van der Waals surface area contributed by atoms with Crippen LogP contribution >= 0.6 is 0 Å². The number of rotatable bonds is 8. The summed E-state index contributed by atoms with van der Waals surface area (Å²) in [6, 6.07) is 9.77. The number of hydrogen-bond donors (Lipinski definition) is 1. The number of benzene rings is 3. The van der Waals surface area contributed by atoms with E-state index in [1.54, 1.807) is 4.57 Å². The zero-order valence-electron chi connectivity index (χ0n) is 25.3. The highest BCUT2D eigenvalue weighted by Gasteiger charge is 2.39. The molecule has 0 bridgehead atoms. The van der Waals surface area contributed by atoms with Crippen LogP contribution in [0.4, 0.5) is 30.7 Å². The minimum Gasteiger partial charge on any atom is -0.478 e. The van der Waals surface area contributed by atoms with Crippen molar-refractivity contribution in [3.05, 3.63) is 112 Å². The molecular formula is C34H26F7N3O4. The molecule has 1 N–H and O–H groups in total. The summed E-state index contributed by atoms with van der Waals surface area (Å²) in [5, 5.41) is 9.53. The maximum absolute atomic E-state index is 15.6. The van der Waals surface area contributed by atoms with E-state index >= 15 is 13.2 Å². The molecule has 5 aromatic rings. The molecule has 1 fully saturated rings. The van der Waals surface area contributed by atoms with Gasteiger partial charge in [-0.3, -0.25) is 0 Å². The smallest absolute Gasteiger partial charge is 0.416 e. The van der Waals surface area contributed by atoms with E-state index in [1.807, 2.05) is 13.8 Å². The molecule has 0 saturated carbocycles. The first-order chi connectivity index (χ1) is 22.6. The summed E-state index contributed by atoms with van der Waals surface area (Å²) in [7, 11) is 0. The minimum atomic E-state index is -4.72. The van der Waals surface area contributed by atoms with Crippen LogP contribution in [0.5, 0.6) is 5.88 Å². The molecule has 1 saturated heterocycles. The molecule has 0 amide bonds. The number of aromatic nitrogens is 3. The van der Waals surface area contributed by atoms with Crippen LogP contribution in [0.2, 0.25) is 0 Å². The molecule has 250 valence electrons. The molecule has 2 aromatic heterocycles. The molecule has 1 aliphatic rings. The van der Waals surface area contributed by atoms with Gasteiger partial charge in [-0.25, -0.2) is 32.3 Å². The van der Waals surface area contributed by atoms with Crippen molar-refractivity contribution in [2.45, 2.75) is 39.1 Å². The fourth-order valence-corrected chi connectivity index (χ4v) is 5.70. The predicted molar refractivity (Wildman–Crippen MR) is 158 cm³/mol. The number of carbonyl (C=O) groups is 1. The van der Waals surface area contributed by atoms with E-state index in [0.29, 0.717) is 18.7 Å². The Morgan fingerprint density at radius 2 is 1.71 bits per heavy atom. The Morgan fingerprint density at radius 3 is 2.38 bits per heavy atom. The number of carboxylic acids is 1. The van der Waals surface area contributed by atoms with E-state index in [4.69, 9.17) is 9.47 Å². The number of halogens is 7. The van der Waals surface area contributed by atoms with Crippen molar-refractivity contribution in [3.63, 3.8) is 0 Å². The Hall–Kier alpha value is -4.98. The largest absolute Gasteiger partial charge is 0.478 e. The number of carboxylic acid groups (broad SMARTS) is 1. The van der Waals surface area contributed by atoms with Gasteiger partial charge in [-0.1, -0.05) is 26.0 Å². The van der Waals surface area contributed by atoms with Crippen molar-refractivity contribution >= 4 is 17.0 Å². The third-order valence-electron chi connectivity index (χ3n) is 8.27. The maximum Gasteiger partial charge on any atom is 0.416 e. The second-order valence-corrected chi connectivity index (χ2v) is 12.1. The van der Waals surface area contributed by atoms with Gasteiger partial charge in [0.15, 0.2) is 5.82 Å². The lowest BCUT2D eigenvalue weighted by Gasteiger charge is -2.28. The van der Waals surface area contributed by atoms with Crippen molar-refractivity contribution in [1.82, 2.24) is 14.5 Å². The summed E-state index contributed by atoms with van der Waals surface area (Å²) < 4.78 is 112. The van der Waals surface area contributed by atoms with E-state index < -0.39 is 59.0 Å². The summed E-state index contributed by atoms with van der Waals surface area (Å²) in [5.41, 5.74) is -2.44. The first-order valence-electron chi connectivity index (χ1n) is 14.6. The zero-order valence-corrected chi connectivity index (χ0v) is 25.3. The van der Waals surface area contributed by atoms with Gasteiger partial charge in [0.2, 0.25) is 5.88 Å². The second-order valence-electron chi connectivity index (χ2n) is 12.1. The highest BCUT2D eigenvalue weighted by atomic mass is 19.4. The summed E-state index contributed by atoms with van der Waals surface area (Å²) in [6.07, 6.45) is -4.99. The Labute approximate surface area is 268 Å². The number of alkyl halides is 3. The van der Waals surface area contributed by atoms with Gasteiger partial charge in [-0.2, -0.15) is 13.2 Å². The van der Waals surface area contributed by atoms with Crippen molar-refractivity contribution in [3.8, 4) is 17.1 Å². The van der Waals surface area contributed by atoms with Gasteiger partial charge in [0.05, 0.1) is 41.6 Å². The topological polar surface area (TPSA) is 86.5 Å². The van der Waals surface area contributed by atoms with Crippen LogP contribution < -0.4 is 4.74 Å². The molecule has 3 aromatic carbocycles. The highest BCUT2D eigenvalue weighted by molar-refractivity contribution is 5.93. The lowest BCUT2D eigenvalue weighted by molar-refractivity contribution is -0.137. The number of hydrogen-bond acceptors (Lipinski definition) is 5. The first-order valence-corrected chi connectivity index (χ1v) is 14.6. The van der Waals surface area contributed by atoms with Gasteiger partial charge >= 0.3 is 12.1 Å². The number of ether oxygens (including phenoxy) is 2. The SMILES string of the molecule is CC1(C)COCC1n1c(Cc2cc(F)c(-c3cccc(OCc4ccc(C(F)(F)F)cc4F)n3)cc2F)nc2c(F)cc(C(=O)O)cc21. The van der Waals surface area contributed by atoms with Gasteiger partial charge in [0.1, 0.15) is 35.4 Å². The Kier molecular flexibility index (Phi) is 8.40. The van der Waals surface area contributed by atoms with E-state index in [9.17, 15) is 27.5 Å². The van der Waals surface area contributed by atoms with Crippen LogP contribution in [0.1, 0.15) is 52.8 Å². The molecule has 1 aliphatic heterocycles. The number of pyridine rings is 1. The predicted octanol–water partition coefficient (Wildman–Crippen LogP) is 8.14. The van der Waals surface area contributed by atoms with Crippen molar-refractivity contribution in [1.29, 1.82) is 0 Å². The molecule has 48 heavy (non-hydrogen) atoms. The third-order valence-corrected chi connectivity index (χ3v) is 8.27. The van der Waals surface area contributed by atoms with Crippen molar-refractivity contribution in [2.75, 3.05) is 13.2 Å². The fraction of sp³-hybridized carbons (Fsp3) is 0.265. The van der Waals surface area contributed by atoms with Crippen LogP contribution in [-0.2, 0) is 23.9 Å². The normalized spacial score (nSPS) is 16.1. The molecule has 0 spiro atoms. The second kappa shape index (κ2) is 12.2. The summed E-state index contributed by atoms with van der Waals surface area (Å²) >= 11 is 0. The van der Waals surface area contributed by atoms with Gasteiger partial charge in [0, 0.05) is 29.0 Å². The molecule has 6 rings (SSSR count). The lowest BCUT2D eigenvalue weighted by atomic mass is 9.87. The molecule has 14 heteroatoms. The minimum absolute atomic E-state index is 0.0382. The Balaban J connectivity index is 1.30. The monoisotopic (exact) mass is 673 g/mol. The third kappa shape index (κ3) is 6.31. The van der Waals surface area contributed by atoms with Crippen LogP contribution in [0, 0.1) is 28.7 Å². The summed E-state index contributed by atoms with van der Waals surface area (Å²) in [5.74, 6) is -5.00. The zero-order chi connectivity index (χ0) is 34.5. The van der Waals surface area contributed by atoms with Crippen LogP contribution in [0.15, 0.2) is 60.7 Å². The Bertz CT molecular complexity index is 2060. The average molecular weight is 674 g/mol. The molecule has 1 atom stereocenters. The average Bonchev–Trinajstić information content (AvgIpc) is 3.55. The number of fused-ring (bicyclic) bond motifs is 1. The number of aromatic carboxylic acids is 1. The number of nitrogens with zero attached hydrogens (tertiary/aromatic N) is 3. The van der Waals surface area contributed by atoms with Crippen LogP contribution in [-0.4, -0.2) is 38.8 Å². The van der Waals surface area contributed by atoms with E-state index in [0.717, 1.165) is 24.3 Å². The van der Waals surface area contributed by atoms with Gasteiger partial charge < -0.3 is 19.1 Å². The molecule has 0 radical (unpaired) electrons. The number of imidazole rings is 1. The summed E-state index contributed by atoms with van der Waals surface area (Å²) in [4.78, 5) is 20.2. The van der Waals surface area contributed by atoms with E-state index in [-0.39, 0.29) is 63.7 Å². The quantitative estimate of drug-likeness (QED) is 0.168. The van der Waals surface area contributed by atoms with E-state index in [2.05, 4.69) is 9.97 Å². The Morgan fingerprint density at radius 1 is 0.958 bits per heavy atom. The fourth-order valence-electron chi connectivity index (χ4n) is 5.70. The highest BCUT2D eigenvalue weighted by Crippen LogP contribution is 2.41. The van der Waals surface area contributed by atoms with Gasteiger partial charge in [-0.05, 0) is 48.0 Å². The molecule has 1 unspecified atom stereocenters. The molecular weight excluding hydrogens is 647 g/mol. The molecule has 3 heterocycles. The molecule has 7 nitrogen and oxygen atoms in total. The van der Waals surface area contributed by atoms with Crippen molar-refractivity contribution in [2.24, 2.45) is 5.41 Å². The van der Waals surface area contributed by atoms with Crippen LogP contribution in [0.25, 0.3) is 22.3 Å². The van der Waals surface area contributed by atoms with Crippen molar-refractivity contribution < 1.29 is 50.1 Å². The lowest BCUT2D eigenvalue weighted by Crippen LogP contribution is -2.27.